The van der Waals surface area contributed by atoms with E-state index in [9.17, 15) is 9.90 Å². The van der Waals surface area contributed by atoms with Gasteiger partial charge in [0.15, 0.2) is 6.10 Å². The highest BCUT2D eigenvalue weighted by atomic mass is 79.9. The van der Waals surface area contributed by atoms with Crippen LogP contribution in [0.3, 0.4) is 0 Å². The van der Waals surface area contributed by atoms with Crippen LogP contribution in [0.15, 0.2) is 22.7 Å². The fourth-order valence-electron chi connectivity index (χ4n) is 2.04. The van der Waals surface area contributed by atoms with E-state index in [2.05, 4.69) is 15.9 Å². The quantitative estimate of drug-likeness (QED) is 0.894. The van der Waals surface area contributed by atoms with Crippen LogP contribution in [-0.4, -0.2) is 20.7 Å². The van der Waals surface area contributed by atoms with Gasteiger partial charge >= 0.3 is 5.97 Å². The van der Waals surface area contributed by atoms with Crippen molar-refractivity contribution < 1.29 is 15.0 Å². The smallest absolute Gasteiger partial charge is 0.337 e. The van der Waals surface area contributed by atoms with Crippen molar-refractivity contribution in [2.45, 2.75) is 13.0 Å². The van der Waals surface area contributed by atoms with Crippen LogP contribution in [0.1, 0.15) is 17.4 Å². The van der Waals surface area contributed by atoms with E-state index in [1.165, 1.54) is 0 Å². The number of fused-ring (bicyclic) bond motifs is 1. The molecule has 0 aliphatic rings. The molecule has 4 nitrogen and oxygen atoms in total. The van der Waals surface area contributed by atoms with Gasteiger partial charge in [0.25, 0.3) is 0 Å². The fraction of sp³-hybridized carbons (Fsp3) is 0.250. The number of carboxylic acids is 1. The van der Waals surface area contributed by atoms with Crippen LogP contribution in [-0.2, 0) is 11.8 Å². The van der Waals surface area contributed by atoms with Crippen molar-refractivity contribution >= 4 is 32.8 Å². The van der Waals surface area contributed by atoms with Gasteiger partial charge < -0.3 is 14.8 Å². The van der Waals surface area contributed by atoms with Crippen LogP contribution in [0, 0.1) is 6.92 Å². The Morgan fingerprint density at radius 2 is 2.12 bits per heavy atom. The Labute approximate surface area is 107 Å². The van der Waals surface area contributed by atoms with Crippen LogP contribution in [0.2, 0.25) is 0 Å². The Balaban J connectivity index is 2.81. The number of carboxylic acid groups (broad SMARTS) is 1. The average molecular weight is 298 g/mol. The monoisotopic (exact) mass is 297 g/mol. The van der Waals surface area contributed by atoms with Gasteiger partial charge in [-0.25, -0.2) is 4.79 Å². The van der Waals surface area contributed by atoms with Crippen LogP contribution in [0.4, 0.5) is 0 Å². The van der Waals surface area contributed by atoms with Crippen molar-refractivity contribution in [1.82, 2.24) is 4.57 Å². The number of aryl methyl sites for hydroxylation is 1. The first-order chi connectivity index (χ1) is 7.93. The van der Waals surface area contributed by atoms with Crippen molar-refractivity contribution in [3.63, 3.8) is 0 Å². The molecular formula is C12H12BrNO3. The van der Waals surface area contributed by atoms with Gasteiger partial charge in [-0.1, -0.05) is 15.9 Å². The minimum Gasteiger partial charge on any atom is -0.479 e. The van der Waals surface area contributed by atoms with Gasteiger partial charge in [0, 0.05) is 33.7 Å². The van der Waals surface area contributed by atoms with Gasteiger partial charge in [0.05, 0.1) is 0 Å². The Bertz CT molecular complexity index is 603. The number of hydrogen-bond donors (Lipinski definition) is 2. The predicted molar refractivity (Wildman–Crippen MR) is 68.0 cm³/mol. The molecule has 1 heterocycles. The zero-order valence-corrected chi connectivity index (χ0v) is 11.0. The van der Waals surface area contributed by atoms with Crippen LogP contribution in [0.25, 0.3) is 10.9 Å². The summed E-state index contributed by atoms with van der Waals surface area (Å²) in [7, 11) is 1.85. The average Bonchev–Trinajstić information content (AvgIpc) is 2.50. The van der Waals surface area contributed by atoms with Crippen molar-refractivity contribution in [3.8, 4) is 0 Å². The lowest BCUT2D eigenvalue weighted by Gasteiger charge is -2.06. The third kappa shape index (κ3) is 1.85. The summed E-state index contributed by atoms with van der Waals surface area (Å²) in [5.41, 5.74) is 2.12. The maximum absolute atomic E-state index is 10.9. The number of hydrogen-bond acceptors (Lipinski definition) is 2. The zero-order valence-electron chi connectivity index (χ0n) is 9.44. The molecule has 0 radical (unpaired) electrons. The number of aromatic nitrogens is 1. The molecule has 0 aliphatic carbocycles. The molecule has 0 amide bonds. The number of aliphatic hydroxyl groups is 1. The lowest BCUT2D eigenvalue weighted by Crippen LogP contribution is -2.11. The number of benzene rings is 1. The summed E-state index contributed by atoms with van der Waals surface area (Å²) >= 11 is 3.35. The summed E-state index contributed by atoms with van der Waals surface area (Å²) in [6.07, 6.45) is -1.49. The second-order valence-corrected chi connectivity index (χ2v) is 4.88. The maximum atomic E-state index is 10.9. The van der Waals surface area contributed by atoms with Crippen molar-refractivity contribution in [3.05, 3.63) is 33.9 Å². The van der Waals surface area contributed by atoms with E-state index in [1.54, 1.807) is 6.92 Å². The molecule has 0 fully saturated rings. The van der Waals surface area contributed by atoms with E-state index in [-0.39, 0.29) is 0 Å². The van der Waals surface area contributed by atoms with E-state index in [0.29, 0.717) is 5.56 Å². The number of halogens is 1. The molecular weight excluding hydrogens is 286 g/mol. The lowest BCUT2D eigenvalue weighted by atomic mass is 10.1. The molecule has 0 saturated carbocycles. The topological polar surface area (TPSA) is 62.5 Å². The van der Waals surface area contributed by atoms with E-state index in [0.717, 1.165) is 21.1 Å². The first kappa shape index (κ1) is 12.1. The SMILES string of the molecule is Cc1c(C(O)C(=O)O)c2cc(Br)ccc2n1C. The molecule has 0 aliphatic heterocycles. The second kappa shape index (κ2) is 4.16. The molecule has 2 N–H and O–H groups in total. The number of nitrogens with zero attached hydrogens (tertiary/aromatic N) is 1. The Hall–Kier alpha value is -1.33. The van der Waals surface area contributed by atoms with E-state index in [1.807, 2.05) is 29.8 Å². The molecule has 0 spiro atoms. The summed E-state index contributed by atoms with van der Waals surface area (Å²) < 4.78 is 2.73. The third-order valence-corrected chi connectivity index (χ3v) is 3.50. The van der Waals surface area contributed by atoms with E-state index >= 15 is 0 Å². The first-order valence-corrected chi connectivity index (χ1v) is 5.88. The van der Waals surface area contributed by atoms with E-state index < -0.39 is 12.1 Å². The van der Waals surface area contributed by atoms with Gasteiger partial charge in [-0.15, -0.1) is 0 Å². The summed E-state index contributed by atoms with van der Waals surface area (Å²) in [5, 5.41) is 19.4. The van der Waals surface area contributed by atoms with Gasteiger partial charge in [-0.3, -0.25) is 0 Å². The molecule has 17 heavy (non-hydrogen) atoms. The minimum absolute atomic E-state index is 0.455. The molecule has 2 rings (SSSR count). The van der Waals surface area contributed by atoms with E-state index in [4.69, 9.17) is 5.11 Å². The minimum atomic E-state index is -1.49. The summed E-state index contributed by atoms with van der Waals surface area (Å²) in [6, 6.07) is 5.60. The largest absolute Gasteiger partial charge is 0.479 e. The number of aliphatic carboxylic acids is 1. The predicted octanol–water partition coefficient (Wildman–Crippen LogP) is 2.37. The number of carbonyl (C=O) groups is 1. The number of aliphatic hydroxyl groups excluding tert-OH is 1. The first-order valence-electron chi connectivity index (χ1n) is 5.08. The molecule has 1 atom stereocenters. The van der Waals surface area contributed by atoms with Crippen molar-refractivity contribution in [2.75, 3.05) is 0 Å². The fourth-order valence-corrected chi connectivity index (χ4v) is 2.40. The van der Waals surface area contributed by atoms with Crippen molar-refractivity contribution in [2.24, 2.45) is 7.05 Å². The van der Waals surface area contributed by atoms with Gasteiger partial charge in [-0.05, 0) is 25.1 Å². The van der Waals surface area contributed by atoms with Crippen LogP contribution >= 0.6 is 15.9 Å². The third-order valence-electron chi connectivity index (χ3n) is 3.01. The highest BCUT2D eigenvalue weighted by Gasteiger charge is 2.24. The summed E-state index contributed by atoms with van der Waals surface area (Å²) in [6.45, 7) is 1.80. The number of rotatable bonds is 2. The molecule has 1 aromatic carbocycles. The highest BCUT2D eigenvalue weighted by Crippen LogP contribution is 2.32. The summed E-state index contributed by atoms with van der Waals surface area (Å²) in [5.74, 6) is -1.24. The van der Waals surface area contributed by atoms with Gasteiger partial charge in [-0.2, -0.15) is 0 Å². The standard InChI is InChI=1S/C12H12BrNO3/c1-6-10(11(15)12(16)17)8-5-7(13)3-4-9(8)14(6)2/h3-5,11,15H,1-2H3,(H,16,17). The molecule has 0 bridgehead atoms. The molecule has 1 unspecified atom stereocenters. The van der Waals surface area contributed by atoms with Gasteiger partial charge in [0.1, 0.15) is 0 Å². The van der Waals surface area contributed by atoms with Crippen LogP contribution < -0.4 is 0 Å². The molecule has 0 saturated heterocycles. The normalized spacial score (nSPS) is 12.9. The lowest BCUT2D eigenvalue weighted by molar-refractivity contribution is -0.146. The maximum Gasteiger partial charge on any atom is 0.337 e. The molecule has 90 valence electrons. The summed E-state index contributed by atoms with van der Waals surface area (Å²) in [4.78, 5) is 10.9. The zero-order chi connectivity index (χ0) is 12.7. The van der Waals surface area contributed by atoms with Crippen LogP contribution in [0.5, 0.6) is 0 Å². The van der Waals surface area contributed by atoms with Gasteiger partial charge in [0.2, 0.25) is 0 Å². The second-order valence-electron chi connectivity index (χ2n) is 3.96. The Kier molecular flexibility index (Phi) is 2.97. The molecule has 2 aromatic rings. The highest BCUT2D eigenvalue weighted by molar-refractivity contribution is 9.10. The van der Waals surface area contributed by atoms with Crippen molar-refractivity contribution in [1.29, 1.82) is 0 Å². The Morgan fingerprint density at radius 1 is 1.47 bits per heavy atom. The molecule has 5 heteroatoms. The molecule has 1 aromatic heterocycles. The Morgan fingerprint density at radius 3 is 2.71 bits per heavy atom.